The normalized spacial score (nSPS) is 11.6. The fourth-order valence-electron chi connectivity index (χ4n) is 4.76. The van der Waals surface area contributed by atoms with E-state index in [2.05, 4.69) is 25.3 Å². The minimum atomic E-state index is -0.925. The van der Waals surface area contributed by atoms with Crippen LogP contribution >= 0.6 is 0 Å². The van der Waals surface area contributed by atoms with Crippen molar-refractivity contribution in [1.82, 2.24) is 4.57 Å². The lowest BCUT2D eigenvalue weighted by Crippen LogP contribution is -2.22. The van der Waals surface area contributed by atoms with Gasteiger partial charge in [-0.15, -0.1) is 0 Å². The minimum Gasteiger partial charge on any atom is -0.462 e. The molecule has 6 heteroatoms. The van der Waals surface area contributed by atoms with Gasteiger partial charge in [-0.1, -0.05) is 63.2 Å². The van der Waals surface area contributed by atoms with Crippen molar-refractivity contribution in [2.24, 2.45) is 0 Å². The van der Waals surface area contributed by atoms with E-state index < -0.39 is 23.0 Å². The van der Waals surface area contributed by atoms with Crippen molar-refractivity contribution in [2.75, 3.05) is 6.61 Å². The monoisotopic (exact) mass is 503 g/mol. The van der Waals surface area contributed by atoms with E-state index in [1.165, 1.54) is 6.07 Å². The van der Waals surface area contributed by atoms with Crippen molar-refractivity contribution in [3.8, 4) is 0 Å². The Kier molecular flexibility index (Phi) is 7.58. The lowest BCUT2D eigenvalue weighted by Gasteiger charge is -2.24. The summed E-state index contributed by atoms with van der Waals surface area (Å²) >= 11 is 0. The Morgan fingerprint density at radius 2 is 1.62 bits per heavy atom. The number of carbonyl (C=O) groups is 2. The number of carbonyl (C=O) groups excluding carboxylic acids is 2. The number of ether oxygens (including phenoxy) is 1. The summed E-state index contributed by atoms with van der Waals surface area (Å²) in [5, 5.41) is 0.754. The summed E-state index contributed by atoms with van der Waals surface area (Å²) in [6.07, 6.45) is 0.421. The summed E-state index contributed by atoms with van der Waals surface area (Å²) < 4.78 is 34.4. The number of hydrogen-bond acceptors (Lipinski definition) is 3. The predicted octanol–water partition coefficient (Wildman–Crippen LogP) is 7.26. The summed E-state index contributed by atoms with van der Waals surface area (Å²) in [6, 6.07) is 18.9. The van der Waals surface area contributed by atoms with Gasteiger partial charge in [0.15, 0.2) is 17.4 Å². The van der Waals surface area contributed by atoms with Crippen LogP contribution in [0.25, 0.3) is 10.9 Å². The molecule has 0 atom stereocenters. The Balaban J connectivity index is 1.85. The molecule has 3 aromatic carbocycles. The first-order valence-electron chi connectivity index (χ1n) is 12.4. The zero-order valence-corrected chi connectivity index (χ0v) is 21.6. The molecule has 0 aliphatic carbocycles. The van der Waals surface area contributed by atoms with E-state index in [9.17, 15) is 18.4 Å². The molecular weight excluding hydrogens is 472 g/mol. The fraction of sp³-hybridized carbons (Fsp3) is 0.290. The SMILES string of the molecule is CCOC(=O)c1ccc2c(C(=O)CCc3ccc(F)c(F)c3)c(C(C)(C)C)n(Cc3ccccc3)c2c1. The third-order valence-corrected chi connectivity index (χ3v) is 6.37. The third-order valence-electron chi connectivity index (χ3n) is 6.37. The first-order chi connectivity index (χ1) is 17.6. The van der Waals surface area contributed by atoms with E-state index in [4.69, 9.17) is 4.74 Å². The number of esters is 1. The zero-order chi connectivity index (χ0) is 26.7. The van der Waals surface area contributed by atoms with Crippen LogP contribution in [0.2, 0.25) is 0 Å². The van der Waals surface area contributed by atoms with Crippen molar-refractivity contribution in [2.45, 2.75) is 52.5 Å². The quantitative estimate of drug-likeness (QED) is 0.188. The number of ketones is 1. The number of hydrogen-bond donors (Lipinski definition) is 0. The van der Waals surface area contributed by atoms with Crippen LogP contribution in [0.1, 0.15) is 71.7 Å². The Morgan fingerprint density at radius 3 is 2.27 bits per heavy atom. The Bertz CT molecular complexity index is 1450. The summed E-state index contributed by atoms with van der Waals surface area (Å²) in [5.74, 6) is -2.34. The van der Waals surface area contributed by atoms with Crippen molar-refractivity contribution >= 4 is 22.7 Å². The Labute approximate surface area is 215 Å². The van der Waals surface area contributed by atoms with E-state index in [-0.39, 0.29) is 25.2 Å². The predicted molar refractivity (Wildman–Crippen MR) is 141 cm³/mol. The molecule has 4 nitrogen and oxygen atoms in total. The topological polar surface area (TPSA) is 48.3 Å². The van der Waals surface area contributed by atoms with Crippen LogP contribution in [0.3, 0.4) is 0 Å². The molecule has 37 heavy (non-hydrogen) atoms. The fourth-order valence-corrected chi connectivity index (χ4v) is 4.76. The zero-order valence-electron chi connectivity index (χ0n) is 21.6. The van der Waals surface area contributed by atoms with Crippen LogP contribution in [-0.4, -0.2) is 22.9 Å². The molecule has 0 saturated carbocycles. The molecule has 192 valence electrons. The maximum absolute atomic E-state index is 13.8. The lowest BCUT2D eigenvalue weighted by molar-refractivity contribution is 0.0526. The van der Waals surface area contributed by atoms with Gasteiger partial charge >= 0.3 is 5.97 Å². The molecule has 0 fully saturated rings. The number of Topliss-reactive ketones (excluding diaryl/α,β-unsaturated/α-hetero) is 1. The van der Waals surface area contributed by atoms with Crippen LogP contribution in [-0.2, 0) is 23.1 Å². The molecule has 0 aliphatic rings. The smallest absolute Gasteiger partial charge is 0.338 e. The Hall–Kier alpha value is -3.80. The summed E-state index contributed by atoms with van der Waals surface area (Å²) in [5.41, 5.74) is 3.87. The second-order valence-corrected chi connectivity index (χ2v) is 10.2. The second kappa shape index (κ2) is 10.7. The van der Waals surface area contributed by atoms with Gasteiger partial charge in [-0.3, -0.25) is 4.79 Å². The van der Waals surface area contributed by atoms with Crippen molar-refractivity contribution < 1.29 is 23.1 Å². The highest BCUT2D eigenvalue weighted by atomic mass is 19.2. The van der Waals surface area contributed by atoms with Crippen LogP contribution < -0.4 is 0 Å². The number of benzene rings is 3. The number of fused-ring (bicyclic) bond motifs is 1. The standard InChI is InChI=1S/C31H31F2NO3/c1-5-37-30(36)22-13-14-23-26(18-22)34(19-21-9-7-6-8-10-21)29(31(2,3)4)28(23)27(35)16-12-20-11-15-24(32)25(33)17-20/h6-11,13-15,17-18H,5,12,16,19H2,1-4H3. The van der Waals surface area contributed by atoms with E-state index in [1.54, 1.807) is 19.1 Å². The highest BCUT2D eigenvalue weighted by Crippen LogP contribution is 2.37. The van der Waals surface area contributed by atoms with Gasteiger partial charge in [-0.2, -0.15) is 0 Å². The number of rotatable bonds is 8. The first kappa shape index (κ1) is 26.3. The van der Waals surface area contributed by atoms with Crippen molar-refractivity contribution in [3.63, 3.8) is 0 Å². The van der Waals surface area contributed by atoms with Gasteiger partial charge in [-0.25, -0.2) is 13.6 Å². The molecule has 0 radical (unpaired) electrons. The average Bonchev–Trinajstić information content (AvgIpc) is 3.19. The molecule has 1 aromatic heterocycles. The number of halogens is 2. The number of nitrogens with zero attached hydrogens (tertiary/aromatic N) is 1. The van der Waals surface area contributed by atoms with E-state index in [0.717, 1.165) is 34.3 Å². The molecule has 0 N–H and O–H groups in total. The van der Waals surface area contributed by atoms with Gasteiger partial charge in [0, 0.05) is 35.0 Å². The van der Waals surface area contributed by atoms with Crippen LogP contribution in [0.15, 0.2) is 66.7 Å². The molecular formula is C31H31F2NO3. The van der Waals surface area contributed by atoms with Crippen LogP contribution in [0.5, 0.6) is 0 Å². The lowest BCUT2D eigenvalue weighted by atomic mass is 9.86. The second-order valence-electron chi connectivity index (χ2n) is 10.2. The highest BCUT2D eigenvalue weighted by molar-refractivity contribution is 6.11. The van der Waals surface area contributed by atoms with E-state index in [0.29, 0.717) is 23.2 Å². The van der Waals surface area contributed by atoms with Gasteiger partial charge in [0.05, 0.1) is 17.7 Å². The maximum atomic E-state index is 13.8. The molecule has 0 spiro atoms. The molecule has 0 amide bonds. The van der Waals surface area contributed by atoms with Gasteiger partial charge in [0.1, 0.15) is 0 Å². The third kappa shape index (κ3) is 5.63. The number of aryl methyl sites for hydroxylation is 1. The van der Waals surface area contributed by atoms with E-state index in [1.807, 2.05) is 36.4 Å². The van der Waals surface area contributed by atoms with Crippen molar-refractivity contribution in [1.29, 1.82) is 0 Å². The first-order valence-corrected chi connectivity index (χ1v) is 12.4. The van der Waals surface area contributed by atoms with Crippen LogP contribution in [0.4, 0.5) is 8.78 Å². The van der Waals surface area contributed by atoms with Crippen molar-refractivity contribution in [3.05, 3.63) is 106 Å². The average molecular weight is 504 g/mol. The highest BCUT2D eigenvalue weighted by Gasteiger charge is 2.30. The van der Waals surface area contributed by atoms with Gasteiger partial charge in [0.2, 0.25) is 0 Å². The van der Waals surface area contributed by atoms with Gasteiger partial charge in [-0.05, 0) is 48.7 Å². The molecule has 0 saturated heterocycles. The minimum absolute atomic E-state index is 0.0876. The molecule has 0 unspecified atom stereocenters. The van der Waals surface area contributed by atoms with Gasteiger partial charge in [0.25, 0.3) is 0 Å². The Morgan fingerprint density at radius 1 is 0.892 bits per heavy atom. The number of aromatic nitrogens is 1. The van der Waals surface area contributed by atoms with Gasteiger partial charge < -0.3 is 9.30 Å². The van der Waals surface area contributed by atoms with E-state index >= 15 is 0 Å². The molecule has 0 bridgehead atoms. The molecule has 4 aromatic rings. The molecule has 0 aliphatic heterocycles. The summed E-state index contributed by atoms with van der Waals surface area (Å²) in [6.45, 7) is 8.72. The van der Waals surface area contributed by atoms with Crippen LogP contribution in [0, 0.1) is 11.6 Å². The largest absolute Gasteiger partial charge is 0.462 e. The maximum Gasteiger partial charge on any atom is 0.338 e. The molecule has 1 heterocycles. The summed E-state index contributed by atoms with van der Waals surface area (Å²) in [4.78, 5) is 26.3. The summed E-state index contributed by atoms with van der Waals surface area (Å²) in [7, 11) is 0. The molecule has 4 rings (SSSR count).